The quantitative estimate of drug-likeness (QED) is 0.827. The summed E-state index contributed by atoms with van der Waals surface area (Å²) >= 11 is 0. The zero-order chi connectivity index (χ0) is 16.9. The third-order valence-corrected chi connectivity index (χ3v) is 6.16. The monoisotopic (exact) mass is 341 g/mol. The summed E-state index contributed by atoms with van der Waals surface area (Å²) in [5.41, 5.74) is 0.828. The van der Waals surface area contributed by atoms with Crippen LogP contribution in [-0.4, -0.2) is 43.6 Å². The van der Waals surface area contributed by atoms with Gasteiger partial charge in [0.15, 0.2) is 0 Å². The van der Waals surface area contributed by atoms with Crippen LogP contribution in [0.1, 0.15) is 44.6 Å². The van der Waals surface area contributed by atoms with Crippen molar-refractivity contribution in [2.45, 2.75) is 62.7 Å². The highest BCUT2D eigenvalue weighted by atomic mass is 32.2. The maximum Gasteiger partial charge on any atom is 0.243 e. The van der Waals surface area contributed by atoms with Gasteiger partial charge in [0.05, 0.1) is 17.6 Å². The van der Waals surface area contributed by atoms with Crippen molar-refractivity contribution >= 4 is 10.0 Å². The molecule has 1 saturated carbocycles. The van der Waals surface area contributed by atoms with Crippen LogP contribution in [0.25, 0.3) is 0 Å². The van der Waals surface area contributed by atoms with Gasteiger partial charge in [-0.15, -0.1) is 0 Å². The fourth-order valence-electron chi connectivity index (χ4n) is 3.17. The first kappa shape index (κ1) is 18.4. The molecular weight excluding hydrogens is 314 g/mol. The molecule has 0 amide bonds. The molecule has 0 radical (unpaired) electrons. The number of benzene rings is 1. The summed E-state index contributed by atoms with van der Waals surface area (Å²) in [7, 11) is -2.03. The maximum atomic E-state index is 13.1. The minimum atomic E-state index is -3.62. The van der Waals surface area contributed by atoms with Crippen molar-refractivity contribution in [1.29, 1.82) is 0 Å². The minimum Gasteiger partial charge on any atom is -0.392 e. The van der Waals surface area contributed by atoms with Gasteiger partial charge in [0, 0.05) is 19.7 Å². The molecule has 1 fully saturated rings. The van der Waals surface area contributed by atoms with E-state index in [1.807, 2.05) is 6.07 Å². The number of aliphatic hydroxyl groups excluding tert-OH is 1. The van der Waals surface area contributed by atoms with E-state index in [1.54, 1.807) is 32.2 Å². The molecule has 0 spiro atoms. The molecule has 1 aromatic carbocycles. The summed E-state index contributed by atoms with van der Waals surface area (Å²) in [6, 6.07) is 6.85. The molecule has 23 heavy (non-hydrogen) atoms. The van der Waals surface area contributed by atoms with E-state index in [4.69, 9.17) is 4.74 Å². The van der Waals surface area contributed by atoms with Crippen molar-refractivity contribution in [3.63, 3.8) is 0 Å². The van der Waals surface area contributed by atoms with Gasteiger partial charge < -0.3 is 9.84 Å². The van der Waals surface area contributed by atoms with Crippen LogP contribution in [0.4, 0.5) is 0 Å². The first-order valence-corrected chi connectivity index (χ1v) is 9.67. The number of ether oxygens (including phenoxy) is 1. The summed E-state index contributed by atoms with van der Waals surface area (Å²) in [5, 5.41) is 9.78. The van der Waals surface area contributed by atoms with E-state index in [0.29, 0.717) is 6.61 Å². The Balaban J connectivity index is 2.32. The van der Waals surface area contributed by atoms with Crippen LogP contribution >= 0.6 is 0 Å². The van der Waals surface area contributed by atoms with E-state index in [2.05, 4.69) is 0 Å². The molecule has 5 nitrogen and oxygen atoms in total. The predicted octanol–water partition coefficient (Wildman–Crippen LogP) is 2.54. The average Bonchev–Trinajstić information content (AvgIpc) is 2.54. The van der Waals surface area contributed by atoms with E-state index >= 15 is 0 Å². The highest BCUT2D eigenvalue weighted by Crippen LogP contribution is 2.28. The van der Waals surface area contributed by atoms with Gasteiger partial charge >= 0.3 is 0 Å². The normalized spacial score (nSPS) is 18.3. The van der Waals surface area contributed by atoms with Gasteiger partial charge in [0.25, 0.3) is 0 Å². The third kappa shape index (κ3) is 4.76. The van der Waals surface area contributed by atoms with Gasteiger partial charge in [-0.2, -0.15) is 4.31 Å². The maximum absolute atomic E-state index is 13.1. The van der Waals surface area contributed by atoms with Crippen LogP contribution in [0.15, 0.2) is 29.2 Å². The van der Waals surface area contributed by atoms with Crippen LogP contribution in [0, 0.1) is 0 Å². The van der Waals surface area contributed by atoms with Gasteiger partial charge in [0.2, 0.25) is 10.0 Å². The van der Waals surface area contributed by atoms with E-state index < -0.39 is 16.1 Å². The summed E-state index contributed by atoms with van der Waals surface area (Å²) in [6.45, 7) is 2.15. The molecule has 1 aromatic rings. The Morgan fingerprint density at radius 2 is 2.00 bits per heavy atom. The van der Waals surface area contributed by atoms with E-state index in [9.17, 15) is 13.5 Å². The fraction of sp³-hybridized carbons (Fsp3) is 0.647. The second-order valence-electron chi connectivity index (χ2n) is 6.30. The molecule has 1 atom stereocenters. The number of hydrogen-bond acceptors (Lipinski definition) is 4. The number of hydrogen-bond donors (Lipinski definition) is 1. The standard InChI is InChI=1S/C17H27NO4S/c1-14(19)12-18(16-8-4-3-5-9-16)23(20,21)17-10-6-7-15(11-17)13-22-2/h6-7,10-11,14,16,19H,3-5,8-9,12-13H2,1-2H3/t14-/m1/s1. The molecule has 130 valence electrons. The molecule has 0 aromatic heterocycles. The van der Waals surface area contributed by atoms with E-state index in [-0.39, 0.29) is 17.5 Å². The Labute approximate surface area is 139 Å². The van der Waals surface area contributed by atoms with Gasteiger partial charge in [-0.3, -0.25) is 0 Å². The first-order chi connectivity index (χ1) is 10.9. The van der Waals surface area contributed by atoms with Crippen molar-refractivity contribution in [3.8, 4) is 0 Å². The van der Waals surface area contributed by atoms with Gasteiger partial charge in [-0.1, -0.05) is 31.4 Å². The second kappa shape index (κ2) is 8.24. The largest absolute Gasteiger partial charge is 0.392 e. The summed E-state index contributed by atoms with van der Waals surface area (Å²) < 4.78 is 32.8. The highest BCUT2D eigenvalue weighted by molar-refractivity contribution is 7.89. The molecule has 2 rings (SSSR count). The van der Waals surface area contributed by atoms with Crippen LogP contribution in [0.5, 0.6) is 0 Å². The molecular formula is C17H27NO4S. The molecule has 0 aliphatic heterocycles. The topological polar surface area (TPSA) is 66.8 Å². The Morgan fingerprint density at radius 1 is 1.30 bits per heavy atom. The van der Waals surface area contributed by atoms with E-state index in [0.717, 1.165) is 37.7 Å². The zero-order valence-corrected chi connectivity index (χ0v) is 14.8. The third-order valence-electron chi connectivity index (χ3n) is 4.24. The van der Waals surface area contributed by atoms with Crippen LogP contribution in [0.2, 0.25) is 0 Å². The van der Waals surface area contributed by atoms with Crippen molar-refractivity contribution in [3.05, 3.63) is 29.8 Å². The number of methoxy groups -OCH3 is 1. The van der Waals surface area contributed by atoms with Crippen molar-refractivity contribution in [2.75, 3.05) is 13.7 Å². The first-order valence-electron chi connectivity index (χ1n) is 8.23. The smallest absolute Gasteiger partial charge is 0.243 e. The number of sulfonamides is 1. The fourth-order valence-corrected chi connectivity index (χ4v) is 5.01. The summed E-state index contributed by atoms with van der Waals surface area (Å²) in [6.07, 6.45) is 4.28. The molecule has 0 saturated heterocycles. The second-order valence-corrected chi connectivity index (χ2v) is 8.19. The molecule has 0 heterocycles. The lowest BCUT2D eigenvalue weighted by molar-refractivity contribution is 0.136. The SMILES string of the molecule is COCc1cccc(S(=O)(=O)N(C[C@@H](C)O)C2CCCCC2)c1. The number of aliphatic hydroxyl groups is 1. The Bertz CT molecular complexity index is 594. The van der Waals surface area contributed by atoms with Gasteiger partial charge in [-0.25, -0.2) is 8.42 Å². The molecule has 1 aliphatic carbocycles. The predicted molar refractivity (Wildman–Crippen MR) is 89.6 cm³/mol. The summed E-state index contributed by atoms with van der Waals surface area (Å²) in [5.74, 6) is 0. The number of rotatable bonds is 7. The van der Waals surface area contributed by atoms with Crippen molar-refractivity contribution < 1.29 is 18.3 Å². The lowest BCUT2D eigenvalue weighted by atomic mass is 9.95. The van der Waals surface area contributed by atoms with Crippen molar-refractivity contribution in [1.82, 2.24) is 4.31 Å². The number of nitrogens with zero attached hydrogens (tertiary/aromatic N) is 1. The Hall–Kier alpha value is -0.950. The van der Waals surface area contributed by atoms with Gasteiger partial charge in [0.1, 0.15) is 0 Å². The lowest BCUT2D eigenvalue weighted by Crippen LogP contribution is -2.44. The van der Waals surface area contributed by atoms with Crippen LogP contribution < -0.4 is 0 Å². The molecule has 0 bridgehead atoms. The highest BCUT2D eigenvalue weighted by Gasteiger charge is 2.33. The zero-order valence-electron chi connectivity index (χ0n) is 13.9. The van der Waals surface area contributed by atoms with Gasteiger partial charge in [-0.05, 0) is 37.5 Å². The average molecular weight is 341 g/mol. The lowest BCUT2D eigenvalue weighted by Gasteiger charge is -2.34. The van der Waals surface area contributed by atoms with Crippen molar-refractivity contribution in [2.24, 2.45) is 0 Å². The summed E-state index contributed by atoms with van der Waals surface area (Å²) in [4.78, 5) is 0.276. The Morgan fingerprint density at radius 3 is 2.61 bits per heavy atom. The molecule has 0 unspecified atom stereocenters. The minimum absolute atomic E-state index is 0.0190. The van der Waals surface area contributed by atoms with Crippen LogP contribution in [0.3, 0.4) is 0 Å². The Kier molecular flexibility index (Phi) is 6.59. The molecule has 1 aliphatic rings. The molecule has 1 N–H and O–H groups in total. The molecule has 6 heteroatoms. The van der Waals surface area contributed by atoms with E-state index in [1.165, 1.54) is 4.31 Å². The van der Waals surface area contributed by atoms with Crippen LogP contribution in [-0.2, 0) is 21.4 Å².